The number of halogens is 1. The van der Waals surface area contributed by atoms with E-state index in [9.17, 15) is 14.0 Å². The summed E-state index contributed by atoms with van der Waals surface area (Å²) in [4.78, 5) is 28.5. The van der Waals surface area contributed by atoms with Gasteiger partial charge in [0.25, 0.3) is 0 Å². The lowest BCUT2D eigenvalue weighted by atomic mass is 9.84. The van der Waals surface area contributed by atoms with Crippen LogP contribution in [0.15, 0.2) is 24.3 Å². The zero-order valence-corrected chi connectivity index (χ0v) is 14.7. The Balaban J connectivity index is 1.41. The van der Waals surface area contributed by atoms with Crippen LogP contribution in [0.5, 0.6) is 0 Å². The molecule has 1 aromatic rings. The molecule has 1 saturated carbocycles. The second-order valence-corrected chi connectivity index (χ2v) is 7.14. The summed E-state index contributed by atoms with van der Waals surface area (Å²) in [7, 11) is 1.92. The van der Waals surface area contributed by atoms with Gasteiger partial charge >= 0.3 is 0 Å². The van der Waals surface area contributed by atoms with E-state index in [1.54, 1.807) is 12.1 Å². The number of hydrogen-bond donors (Lipinski definition) is 1. The van der Waals surface area contributed by atoms with E-state index < -0.39 is 0 Å². The summed E-state index contributed by atoms with van der Waals surface area (Å²) in [6.07, 6.45) is 5.04. The van der Waals surface area contributed by atoms with Crippen LogP contribution in [-0.4, -0.2) is 54.3 Å². The topological polar surface area (TPSA) is 52.7 Å². The van der Waals surface area contributed by atoms with Gasteiger partial charge in [0.15, 0.2) is 0 Å². The largest absolute Gasteiger partial charge is 0.342 e. The van der Waals surface area contributed by atoms with Crippen molar-refractivity contribution in [1.82, 2.24) is 9.80 Å². The monoisotopic (exact) mass is 347 g/mol. The van der Waals surface area contributed by atoms with Crippen molar-refractivity contribution in [2.75, 3.05) is 32.0 Å². The van der Waals surface area contributed by atoms with Crippen molar-refractivity contribution >= 4 is 17.5 Å². The van der Waals surface area contributed by atoms with Gasteiger partial charge in [-0.2, -0.15) is 0 Å². The van der Waals surface area contributed by atoms with Crippen LogP contribution in [0.25, 0.3) is 0 Å². The predicted molar refractivity (Wildman–Crippen MR) is 94.6 cm³/mol. The van der Waals surface area contributed by atoms with Crippen molar-refractivity contribution in [3.05, 3.63) is 30.1 Å². The number of carbonyl (C=O) groups is 2. The fourth-order valence-electron chi connectivity index (χ4n) is 3.52. The number of piperidine rings is 1. The van der Waals surface area contributed by atoms with Gasteiger partial charge in [0.05, 0.1) is 6.54 Å². The molecule has 1 heterocycles. The third-order valence-corrected chi connectivity index (χ3v) is 5.40. The molecule has 136 valence electrons. The minimum absolute atomic E-state index is 0.0936. The number of nitrogens with one attached hydrogen (secondary N) is 1. The fraction of sp³-hybridized carbons (Fsp3) is 0.579. The van der Waals surface area contributed by atoms with E-state index in [0.29, 0.717) is 18.1 Å². The summed E-state index contributed by atoms with van der Waals surface area (Å²) in [6, 6.07) is 6.05. The SMILES string of the molecule is CN(C(=O)C1CCC1)C1CCN(CC(=O)Nc2ccc(F)cc2)CC1. The molecular formula is C19H26FN3O2. The highest BCUT2D eigenvalue weighted by molar-refractivity contribution is 5.92. The van der Waals surface area contributed by atoms with Crippen LogP contribution in [0, 0.1) is 11.7 Å². The molecule has 5 nitrogen and oxygen atoms in total. The van der Waals surface area contributed by atoms with Gasteiger partial charge in [0, 0.05) is 37.8 Å². The molecule has 0 aromatic heterocycles. The second-order valence-electron chi connectivity index (χ2n) is 7.14. The minimum Gasteiger partial charge on any atom is -0.342 e. The van der Waals surface area contributed by atoms with Crippen molar-refractivity contribution in [1.29, 1.82) is 0 Å². The van der Waals surface area contributed by atoms with Crippen molar-refractivity contribution in [2.45, 2.75) is 38.1 Å². The molecule has 2 amide bonds. The minimum atomic E-state index is -0.319. The van der Waals surface area contributed by atoms with E-state index in [0.717, 1.165) is 38.8 Å². The molecule has 1 aliphatic heterocycles. The molecule has 2 fully saturated rings. The van der Waals surface area contributed by atoms with Gasteiger partial charge in [-0.25, -0.2) is 4.39 Å². The van der Waals surface area contributed by atoms with Crippen molar-refractivity contribution in [3.8, 4) is 0 Å². The first-order valence-electron chi connectivity index (χ1n) is 9.07. The number of hydrogen-bond acceptors (Lipinski definition) is 3. The van der Waals surface area contributed by atoms with Gasteiger partial charge in [0.1, 0.15) is 5.82 Å². The number of rotatable bonds is 5. The van der Waals surface area contributed by atoms with Crippen LogP contribution in [0.3, 0.4) is 0 Å². The molecular weight excluding hydrogens is 321 g/mol. The van der Waals surface area contributed by atoms with E-state index in [2.05, 4.69) is 10.2 Å². The number of anilines is 1. The Morgan fingerprint density at radius 1 is 1.16 bits per heavy atom. The first-order chi connectivity index (χ1) is 12.0. The molecule has 1 aromatic carbocycles. The average Bonchev–Trinajstić information content (AvgIpc) is 2.55. The summed E-state index contributed by atoms with van der Waals surface area (Å²) in [5.74, 6) is 0.118. The van der Waals surface area contributed by atoms with E-state index in [-0.39, 0.29) is 23.7 Å². The summed E-state index contributed by atoms with van der Waals surface area (Å²) in [5, 5.41) is 2.79. The molecule has 0 unspecified atom stereocenters. The van der Waals surface area contributed by atoms with Gasteiger partial charge in [-0.1, -0.05) is 6.42 Å². The summed E-state index contributed by atoms with van der Waals surface area (Å²) >= 11 is 0. The number of amides is 2. The highest BCUT2D eigenvalue weighted by Crippen LogP contribution is 2.29. The van der Waals surface area contributed by atoms with Gasteiger partial charge in [-0.3, -0.25) is 14.5 Å². The Bertz CT molecular complexity index is 608. The average molecular weight is 347 g/mol. The third kappa shape index (κ3) is 4.57. The molecule has 0 spiro atoms. The molecule has 2 aliphatic rings. The van der Waals surface area contributed by atoms with Gasteiger partial charge in [-0.15, -0.1) is 0 Å². The molecule has 0 bridgehead atoms. The zero-order valence-electron chi connectivity index (χ0n) is 14.7. The predicted octanol–water partition coefficient (Wildman–Crippen LogP) is 2.49. The second kappa shape index (κ2) is 7.95. The number of carbonyl (C=O) groups excluding carboxylic acids is 2. The lowest BCUT2D eigenvalue weighted by Crippen LogP contribution is -2.49. The quantitative estimate of drug-likeness (QED) is 0.890. The Hall–Kier alpha value is -1.95. The number of benzene rings is 1. The molecule has 1 N–H and O–H groups in total. The fourth-order valence-corrected chi connectivity index (χ4v) is 3.52. The summed E-state index contributed by atoms with van der Waals surface area (Å²) in [6.45, 7) is 1.94. The molecule has 3 rings (SSSR count). The lowest BCUT2D eigenvalue weighted by Gasteiger charge is -2.39. The molecule has 1 aliphatic carbocycles. The maximum absolute atomic E-state index is 12.9. The lowest BCUT2D eigenvalue weighted by molar-refractivity contribution is -0.140. The number of likely N-dealkylation sites (tertiary alicyclic amines) is 1. The van der Waals surface area contributed by atoms with Crippen LogP contribution >= 0.6 is 0 Å². The first kappa shape index (κ1) is 17.9. The Labute approximate surface area is 148 Å². The van der Waals surface area contributed by atoms with Crippen LogP contribution in [0.2, 0.25) is 0 Å². The summed E-state index contributed by atoms with van der Waals surface area (Å²) in [5.41, 5.74) is 0.604. The zero-order chi connectivity index (χ0) is 17.8. The Kier molecular flexibility index (Phi) is 5.68. The maximum atomic E-state index is 12.9. The maximum Gasteiger partial charge on any atom is 0.238 e. The Morgan fingerprint density at radius 2 is 1.80 bits per heavy atom. The molecule has 0 atom stereocenters. The van der Waals surface area contributed by atoms with Crippen LogP contribution in [0.4, 0.5) is 10.1 Å². The van der Waals surface area contributed by atoms with E-state index >= 15 is 0 Å². The van der Waals surface area contributed by atoms with E-state index in [1.165, 1.54) is 18.6 Å². The van der Waals surface area contributed by atoms with Crippen molar-refractivity contribution < 1.29 is 14.0 Å². The highest BCUT2D eigenvalue weighted by atomic mass is 19.1. The van der Waals surface area contributed by atoms with Crippen LogP contribution < -0.4 is 5.32 Å². The molecule has 6 heteroatoms. The third-order valence-electron chi connectivity index (χ3n) is 5.40. The van der Waals surface area contributed by atoms with E-state index in [4.69, 9.17) is 0 Å². The normalized spacial score (nSPS) is 19.3. The molecule has 25 heavy (non-hydrogen) atoms. The van der Waals surface area contributed by atoms with Gasteiger partial charge in [0.2, 0.25) is 11.8 Å². The number of nitrogens with zero attached hydrogens (tertiary/aromatic N) is 2. The Morgan fingerprint density at radius 3 is 2.36 bits per heavy atom. The standard InChI is InChI=1S/C19H26FN3O2/c1-22(19(25)14-3-2-4-14)17-9-11-23(12-10-17)13-18(24)21-16-7-5-15(20)6-8-16/h5-8,14,17H,2-4,9-13H2,1H3,(H,21,24). The van der Waals surface area contributed by atoms with E-state index in [1.807, 2.05) is 11.9 Å². The van der Waals surface area contributed by atoms with Gasteiger partial charge in [-0.05, 0) is 49.9 Å². The van der Waals surface area contributed by atoms with Crippen LogP contribution in [-0.2, 0) is 9.59 Å². The van der Waals surface area contributed by atoms with Crippen molar-refractivity contribution in [3.63, 3.8) is 0 Å². The van der Waals surface area contributed by atoms with Crippen molar-refractivity contribution in [2.24, 2.45) is 5.92 Å². The van der Waals surface area contributed by atoms with Crippen LogP contribution in [0.1, 0.15) is 32.1 Å². The summed E-state index contributed by atoms with van der Waals surface area (Å²) < 4.78 is 12.9. The highest BCUT2D eigenvalue weighted by Gasteiger charge is 2.32. The molecule has 0 radical (unpaired) electrons. The molecule has 1 saturated heterocycles. The van der Waals surface area contributed by atoms with Gasteiger partial charge < -0.3 is 10.2 Å². The first-order valence-corrected chi connectivity index (χ1v) is 9.07. The smallest absolute Gasteiger partial charge is 0.238 e.